The van der Waals surface area contributed by atoms with Crippen LogP contribution in [-0.4, -0.2) is 10.9 Å². The summed E-state index contributed by atoms with van der Waals surface area (Å²) in [6.45, 7) is 2.04. The second kappa shape index (κ2) is 8.40. The quantitative estimate of drug-likeness (QED) is 0.455. The van der Waals surface area contributed by atoms with Gasteiger partial charge < -0.3 is 10.1 Å². The second-order valence-electron chi connectivity index (χ2n) is 6.70. The van der Waals surface area contributed by atoms with E-state index < -0.39 is 0 Å². The van der Waals surface area contributed by atoms with E-state index in [1.807, 2.05) is 85.8 Å². The number of para-hydroxylation sites is 1. The van der Waals surface area contributed by atoms with Gasteiger partial charge in [-0.15, -0.1) is 0 Å². The Kier molecular flexibility index (Phi) is 5.34. The third kappa shape index (κ3) is 4.68. The van der Waals surface area contributed by atoms with Gasteiger partial charge in [0.2, 0.25) is 0 Å². The Labute approximate surface area is 169 Å². The van der Waals surface area contributed by atoms with E-state index in [0.717, 1.165) is 17.0 Å². The van der Waals surface area contributed by atoms with Crippen LogP contribution < -0.4 is 10.1 Å². The molecular weight excluding hydrogens is 360 g/mol. The molecule has 0 unspecified atom stereocenters. The lowest BCUT2D eigenvalue weighted by molar-refractivity contribution is 0.102. The molecule has 4 rings (SSSR count). The average Bonchev–Trinajstić information content (AvgIpc) is 2.76. The van der Waals surface area contributed by atoms with Crippen LogP contribution in [0.3, 0.4) is 0 Å². The molecule has 3 aromatic carbocycles. The number of pyridine rings is 1. The number of carbonyl (C=O) groups is 1. The summed E-state index contributed by atoms with van der Waals surface area (Å²) in [5.41, 5.74) is 4.24. The fourth-order valence-electron chi connectivity index (χ4n) is 2.94. The Morgan fingerprint density at radius 1 is 0.828 bits per heavy atom. The Balaban J connectivity index is 1.41. The van der Waals surface area contributed by atoms with Crippen LogP contribution in [0.25, 0.3) is 11.3 Å². The average molecular weight is 380 g/mol. The summed E-state index contributed by atoms with van der Waals surface area (Å²) in [5, 5.41) is 2.88. The number of hydrogen-bond acceptors (Lipinski definition) is 3. The first kappa shape index (κ1) is 18.4. The minimum absolute atomic E-state index is 0.204. The summed E-state index contributed by atoms with van der Waals surface area (Å²) in [6, 6.07) is 28.6. The maximum atomic E-state index is 12.5. The number of amides is 1. The third-order valence-corrected chi connectivity index (χ3v) is 4.43. The van der Waals surface area contributed by atoms with Crippen LogP contribution in [0.5, 0.6) is 11.5 Å². The first-order valence-electron chi connectivity index (χ1n) is 9.35. The fraction of sp³-hybridized carbons (Fsp3) is 0.0400. The molecular formula is C25H20N2O2. The molecule has 0 atom stereocenters. The highest BCUT2D eigenvalue weighted by molar-refractivity contribution is 6.04. The van der Waals surface area contributed by atoms with Crippen LogP contribution in [0.1, 0.15) is 15.9 Å². The van der Waals surface area contributed by atoms with Gasteiger partial charge in [0.1, 0.15) is 11.5 Å². The minimum Gasteiger partial charge on any atom is -0.457 e. The van der Waals surface area contributed by atoms with E-state index in [1.165, 1.54) is 5.56 Å². The van der Waals surface area contributed by atoms with E-state index in [2.05, 4.69) is 16.4 Å². The molecule has 0 saturated heterocycles. The number of aromatic nitrogens is 1. The molecule has 0 aliphatic carbocycles. The summed E-state index contributed by atoms with van der Waals surface area (Å²) in [5.74, 6) is 1.27. The Hall–Kier alpha value is -3.92. The molecule has 1 heterocycles. The molecule has 0 saturated carbocycles. The Morgan fingerprint density at radius 2 is 1.59 bits per heavy atom. The maximum absolute atomic E-state index is 12.5. The molecule has 0 radical (unpaired) electrons. The number of rotatable bonds is 5. The number of nitrogens with one attached hydrogen (secondary N) is 1. The van der Waals surface area contributed by atoms with Gasteiger partial charge in [-0.3, -0.25) is 9.78 Å². The van der Waals surface area contributed by atoms with E-state index >= 15 is 0 Å². The molecule has 29 heavy (non-hydrogen) atoms. The van der Waals surface area contributed by atoms with Crippen LogP contribution in [0.15, 0.2) is 97.2 Å². The van der Waals surface area contributed by atoms with Gasteiger partial charge in [0.05, 0.1) is 11.3 Å². The van der Waals surface area contributed by atoms with E-state index in [-0.39, 0.29) is 5.91 Å². The molecule has 0 aliphatic heterocycles. The van der Waals surface area contributed by atoms with Crippen molar-refractivity contribution < 1.29 is 9.53 Å². The predicted octanol–water partition coefficient (Wildman–Crippen LogP) is 6.10. The number of benzene rings is 3. The molecule has 4 aromatic rings. The lowest BCUT2D eigenvalue weighted by Crippen LogP contribution is -2.12. The summed E-state index contributed by atoms with van der Waals surface area (Å²) in [4.78, 5) is 16.9. The van der Waals surface area contributed by atoms with Gasteiger partial charge >= 0.3 is 0 Å². The summed E-state index contributed by atoms with van der Waals surface area (Å²) < 4.78 is 5.76. The predicted molar refractivity (Wildman–Crippen MR) is 115 cm³/mol. The minimum atomic E-state index is -0.204. The number of anilines is 1. The van der Waals surface area contributed by atoms with Crippen molar-refractivity contribution in [2.45, 2.75) is 6.92 Å². The number of nitrogens with zero attached hydrogens (tertiary/aromatic N) is 1. The highest BCUT2D eigenvalue weighted by atomic mass is 16.5. The number of aryl methyl sites for hydroxylation is 1. The SMILES string of the molecule is Cc1cccc(-c2ccc(C(=O)Nc3ccc(Oc4ccccc4)cc3)cn2)c1. The topological polar surface area (TPSA) is 51.2 Å². The smallest absolute Gasteiger partial charge is 0.257 e. The van der Waals surface area contributed by atoms with Crippen LogP contribution >= 0.6 is 0 Å². The number of ether oxygens (including phenoxy) is 1. The second-order valence-corrected chi connectivity index (χ2v) is 6.70. The zero-order valence-electron chi connectivity index (χ0n) is 16.0. The lowest BCUT2D eigenvalue weighted by Gasteiger charge is -2.08. The highest BCUT2D eigenvalue weighted by Gasteiger charge is 2.08. The molecule has 4 nitrogen and oxygen atoms in total. The zero-order chi connectivity index (χ0) is 20.1. The molecule has 0 bridgehead atoms. The zero-order valence-corrected chi connectivity index (χ0v) is 16.0. The molecule has 1 N–H and O–H groups in total. The van der Waals surface area contributed by atoms with Gasteiger partial charge in [-0.25, -0.2) is 0 Å². The van der Waals surface area contributed by atoms with Crippen molar-refractivity contribution in [1.29, 1.82) is 0 Å². The molecule has 0 aliphatic rings. The van der Waals surface area contributed by atoms with E-state index in [9.17, 15) is 4.79 Å². The monoisotopic (exact) mass is 380 g/mol. The van der Waals surface area contributed by atoms with Gasteiger partial charge in [-0.2, -0.15) is 0 Å². The maximum Gasteiger partial charge on any atom is 0.257 e. The van der Waals surface area contributed by atoms with Gasteiger partial charge in [-0.05, 0) is 61.5 Å². The van der Waals surface area contributed by atoms with Crippen molar-refractivity contribution in [1.82, 2.24) is 4.98 Å². The van der Waals surface area contributed by atoms with Crippen LogP contribution in [0.2, 0.25) is 0 Å². The molecule has 142 valence electrons. The summed E-state index contributed by atoms with van der Waals surface area (Å²) in [6.07, 6.45) is 1.60. The van der Waals surface area contributed by atoms with Crippen LogP contribution in [0.4, 0.5) is 5.69 Å². The third-order valence-electron chi connectivity index (χ3n) is 4.43. The highest BCUT2D eigenvalue weighted by Crippen LogP contribution is 2.23. The summed E-state index contributed by atoms with van der Waals surface area (Å²) in [7, 11) is 0. The van der Waals surface area contributed by atoms with Crippen molar-refractivity contribution in [3.8, 4) is 22.8 Å². The standard InChI is InChI=1S/C25H20N2O2/c1-18-6-5-7-19(16-18)24-15-10-20(17-26-24)25(28)27-21-11-13-23(14-12-21)29-22-8-3-2-4-9-22/h2-17H,1H3,(H,27,28). The number of hydrogen-bond donors (Lipinski definition) is 1. The van der Waals surface area contributed by atoms with Gasteiger partial charge in [0, 0.05) is 17.4 Å². The Bertz CT molecular complexity index is 1110. The van der Waals surface area contributed by atoms with Crippen LogP contribution in [0, 0.1) is 6.92 Å². The normalized spacial score (nSPS) is 10.4. The largest absolute Gasteiger partial charge is 0.457 e. The lowest BCUT2D eigenvalue weighted by atomic mass is 10.1. The van der Waals surface area contributed by atoms with E-state index in [1.54, 1.807) is 12.3 Å². The first-order valence-corrected chi connectivity index (χ1v) is 9.35. The van der Waals surface area contributed by atoms with E-state index in [0.29, 0.717) is 17.0 Å². The molecule has 0 spiro atoms. The van der Waals surface area contributed by atoms with E-state index in [4.69, 9.17) is 4.74 Å². The van der Waals surface area contributed by atoms with Gasteiger partial charge in [0.25, 0.3) is 5.91 Å². The van der Waals surface area contributed by atoms with Crippen LogP contribution in [-0.2, 0) is 0 Å². The van der Waals surface area contributed by atoms with Gasteiger partial charge in [-0.1, -0.05) is 42.0 Å². The van der Waals surface area contributed by atoms with Crippen molar-refractivity contribution in [3.63, 3.8) is 0 Å². The Morgan fingerprint density at radius 3 is 2.28 bits per heavy atom. The molecule has 1 amide bonds. The number of carbonyl (C=O) groups excluding carboxylic acids is 1. The van der Waals surface area contributed by atoms with Gasteiger partial charge in [0.15, 0.2) is 0 Å². The molecule has 1 aromatic heterocycles. The van der Waals surface area contributed by atoms with Crippen molar-refractivity contribution >= 4 is 11.6 Å². The van der Waals surface area contributed by atoms with Crippen molar-refractivity contribution in [3.05, 3.63) is 108 Å². The molecule has 4 heteroatoms. The summed E-state index contributed by atoms with van der Waals surface area (Å²) >= 11 is 0. The first-order chi connectivity index (χ1) is 14.2. The molecule has 0 fully saturated rings. The van der Waals surface area contributed by atoms with Crippen molar-refractivity contribution in [2.75, 3.05) is 5.32 Å². The van der Waals surface area contributed by atoms with Crippen molar-refractivity contribution in [2.24, 2.45) is 0 Å². The fourth-order valence-corrected chi connectivity index (χ4v) is 2.94.